The molecule has 2 aliphatic heterocycles. The van der Waals surface area contributed by atoms with Crippen molar-refractivity contribution in [2.75, 3.05) is 37.0 Å². The Hall–Kier alpha value is -1.22. The molecule has 1 fully saturated rings. The van der Waals surface area contributed by atoms with Crippen molar-refractivity contribution in [2.24, 2.45) is 0 Å². The highest BCUT2D eigenvalue weighted by Crippen LogP contribution is 2.33. The molecule has 1 unspecified atom stereocenters. The number of nitrogens with zero attached hydrogens (tertiary/aromatic N) is 1. The lowest BCUT2D eigenvalue weighted by Gasteiger charge is -2.26. The van der Waals surface area contributed by atoms with E-state index in [-0.39, 0.29) is 0 Å². The van der Waals surface area contributed by atoms with Crippen LogP contribution in [0.5, 0.6) is 0 Å². The molecular weight excluding hydrogens is 212 g/mol. The van der Waals surface area contributed by atoms with Crippen LogP contribution in [-0.4, -0.2) is 32.8 Å². The number of methoxy groups -OCH3 is 1. The van der Waals surface area contributed by atoms with Gasteiger partial charge in [-0.25, -0.2) is 0 Å². The molecule has 0 aliphatic carbocycles. The maximum Gasteiger partial charge on any atom is 0.0762 e. The summed E-state index contributed by atoms with van der Waals surface area (Å²) in [6, 6.07) is 6.61. The summed E-state index contributed by atoms with van der Waals surface area (Å²) in [5.41, 5.74) is 4.24. The number of anilines is 2. The minimum atomic E-state index is 0.405. The number of ether oxygens (including phenoxy) is 1. The summed E-state index contributed by atoms with van der Waals surface area (Å²) in [6.45, 7) is 3.26. The lowest BCUT2D eigenvalue weighted by molar-refractivity contribution is 0.121. The van der Waals surface area contributed by atoms with Crippen LogP contribution in [0.3, 0.4) is 0 Å². The van der Waals surface area contributed by atoms with E-state index in [0.29, 0.717) is 6.10 Å². The first-order valence-electron chi connectivity index (χ1n) is 6.52. The van der Waals surface area contributed by atoms with Gasteiger partial charge in [0.15, 0.2) is 0 Å². The molecule has 2 heterocycles. The predicted octanol–water partition coefficient (Wildman–Crippen LogP) is 2.27. The zero-order valence-corrected chi connectivity index (χ0v) is 10.4. The second kappa shape index (κ2) is 4.57. The van der Waals surface area contributed by atoms with Gasteiger partial charge in [0.25, 0.3) is 0 Å². The normalized spacial score (nSPS) is 23.4. The van der Waals surface area contributed by atoms with E-state index >= 15 is 0 Å². The van der Waals surface area contributed by atoms with Crippen LogP contribution in [0.15, 0.2) is 18.2 Å². The van der Waals surface area contributed by atoms with E-state index in [4.69, 9.17) is 4.74 Å². The van der Waals surface area contributed by atoms with Gasteiger partial charge in [-0.15, -0.1) is 0 Å². The van der Waals surface area contributed by atoms with E-state index in [1.165, 1.54) is 29.8 Å². The van der Waals surface area contributed by atoms with Crippen molar-refractivity contribution in [3.05, 3.63) is 23.8 Å². The molecule has 0 spiro atoms. The summed E-state index contributed by atoms with van der Waals surface area (Å²) in [4.78, 5) is 2.47. The highest BCUT2D eigenvalue weighted by molar-refractivity contribution is 5.68. The largest absolute Gasteiger partial charge is 0.385 e. The standard InChI is InChI=1S/C14H20N2O/c1-17-11-7-9-16(10-11)14-6-2-5-13-12(14)4-3-8-15-13/h2,5-6,11,15H,3-4,7-10H2,1H3. The summed E-state index contributed by atoms with van der Waals surface area (Å²) >= 11 is 0. The zero-order valence-electron chi connectivity index (χ0n) is 10.4. The number of benzene rings is 1. The summed E-state index contributed by atoms with van der Waals surface area (Å²) in [6.07, 6.45) is 3.99. The van der Waals surface area contributed by atoms with Gasteiger partial charge in [-0.2, -0.15) is 0 Å². The molecule has 1 aromatic carbocycles. The van der Waals surface area contributed by atoms with Crippen LogP contribution < -0.4 is 10.2 Å². The Morgan fingerprint density at radius 2 is 2.35 bits per heavy atom. The molecule has 92 valence electrons. The Bertz CT molecular complexity index is 405. The van der Waals surface area contributed by atoms with Crippen LogP contribution >= 0.6 is 0 Å². The summed E-state index contributed by atoms with van der Waals surface area (Å²) in [5.74, 6) is 0. The van der Waals surface area contributed by atoms with Crippen LogP contribution in [-0.2, 0) is 11.2 Å². The molecule has 3 nitrogen and oxygen atoms in total. The molecule has 2 aliphatic rings. The van der Waals surface area contributed by atoms with Gasteiger partial charge in [0.1, 0.15) is 0 Å². The third kappa shape index (κ3) is 2.00. The maximum atomic E-state index is 5.45. The Labute approximate surface area is 103 Å². The summed E-state index contributed by atoms with van der Waals surface area (Å²) < 4.78 is 5.45. The van der Waals surface area contributed by atoms with Gasteiger partial charge in [0.05, 0.1) is 6.10 Å². The number of hydrogen-bond donors (Lipinski definition) is 1. The minimum absolute atomic E-state index is 0.405. The van der Waals surface area contributed by atoms with Crippen molar-refractivity contribution in [1.29, 1.82) is 0 Å². The Morgan fingerprint density at radius 3 is 3.18 bits per heavy atom. The van der Waals surface area contributed by atoms with E-state index in [2.05, 4.69) is 28.4 Å². The third-order valence-corrected chi connectivity index (χ3v) is 3.89. The smallest absolute Gasteiger partial charge is 0.0762 e. The average molecular weight is 232 g/mol. The molecule has 0 radical (unpaired) electrons. The number of fused-ring (bicyclic) bond motifs is 1. The molecule has 1 aromatic rings. The van der Waals surface area contributed by atoms with Gasteiger partial charge in [0.2, 0.25) is 0 Å². The zero-order chi connectivity index (χ0) is 11.7. The minimum Gasteiger partial charge on any atom is -0.385 e. The van der Waals surface area contributed by atoms with E-state index < -0.39 is 0 Å². The van der Waals surface area contributed by atoms with Crippen LogP contribution in [0.2, 0.25) is 0 Å². The highest BCUT2D eigenvalue weighted by Gasteiger charge is 2.25. The maximum absolute atomic E-state index is 5.45. The molecule has 3 heteroatoms. The second-order valence-corrected chi connectivity index (χ2v) is 4.93. The van der Waals surface area contributed by atoms with Crippen molar-refractivity contribution in [3.63, 3.8) is 0 Å². The quantitative estimate of drug-likeness (QED) is 0.846. The van der Waals surface area contributed by atoms with Crippen molar-refractivity contribution < 1.29 is 4.74 Å². The molecule has 0 amide bonds. The molecular formula is C14H20N2O. The van der Waals surface area contributed by atoms with Gasteiger partial charge < -0.3 is 15.0 Å². The first-order valence-corrected chi connectivity index (χ1v) is 6.52. The molecule has 17 heavy (non-hydrogen) atoms. The van der Waals surface area contributed by atoms with Crippen molar-refractivity contribution in [3.8, 4) is 0 Å². The number of nitrogens with one attached hydrogen (secondary N) is 1. The monoisotopic (exact) mass is 232 g/mol. The van der Waals surface area contributed by atoms with Crippen molar-refractivity contribution in [2.45, 2.75) is 25.4 Å². The first-order chi connectivity index (χ1) is 8.38. The van der Waals surface area contributed by atoms with E-state index in [0.717, 1.165) is 26.1 Å². The fourth-order valence-corrected chi connectivity index (χ4v) is 2.93. The van der Waals surface area contributed by atoms with Gasteiger partial charge in [-0.1, -0.05) is 6.07 Å². The summed E-state index contributed by atoms with van der Waals surface area (Å²) in [5, 5.41) is 3.49. The van der Waals surface area contributed by atoms with E-state index in [1.54, 1.807) is 0 Å². The topological polar surface area (TPSA) is 24.5 Å². The lowest BCUT2D eigenvalue weighted by Crippen LogP contribution is -2.24. The molecule has 1 saturated heterocycles. The van der Waals surface area contributed by atoms with Crippen molar-refractivity contribution in [1.82, 2.24) is 0 Å². The Kier molecular flexibility index (Phi) is 2.93. The van der Waals surface area contributed by atoms with Crippen molar-refractivity contribution >= 4 is 11.4 Å². The SMILES string of the molecule is COC1CCN(c2cccc3c2CCCN3)C1. The average Bonchev–Trinajstić information content (AvgIpc) is 2.87. The Balaban J connectivity index is 1.88. The second-order valence-electron chi connectivity index (χ2n) is 4.93. The fraction of sp³-hybridized carbons (Fsp3) is 0.571. The van der Waals surface area contributed by atoms with Gasteiger partial charge in [0, 0.05) is 38.1 Å². The Morgan fingerprint density at radius 1 is 1.41 bits per heavy atom. The van der Waals surface area contributed by atoms with Gasteiger partial charge >= 0.3 is 0 Å². The predicted molar refractivity (Wildman–Crippen MR) is 70.9 cm³/mol. The molecule has 3 rings (SSSR count). The van der Waals surface area contributed by atoms with Gasteiger partial charge in [-0.3, -0.25) is 0 Å². The third-order valence-electron chi connectivity index (χ3n) is 3.89. The fourth-order valence-electron chi connectivity index (χ4n) is 2.93. The van der Waals surface area contributed by atoms with Crippen LogP contribution in [0.25, 0.3) is 0 Å². The first kappa shape index (κ1) is 10.9. The number of hydrogen-bond acceptors (Lipinski definition) is 3. The molecule has 1 N–H and O–H groups in total. The molecule has 1 atom stereocenters. The highest BCUT2D eigenvalue weighted by atomic mass is 16.5. The van der Waals surface area contributed by atoms with E-state index in [9.17, 15) is 0 Å². The number of rotatable bonds is 2. The summed E-state index contributed by atoms with van der Waals surface area (Å²) in [7, 11) is 1.82. The van der Waals surface area contributed by atoms with Crippen LogP contribution in [0.4, 0.5) is 11.4 Å². The molecule has 0 aromatic heterocycles. The van der Waals surface area contributed by atoms with Crippen LogP contribution in [0, 0.1) is 0 Å². The molecule has 0 saturated carbocycles. The molecule has 0 bridgehead atoms. The van der Waals surface area contributed by atoms with Gasteiger partial charge in [-0.05, 0) is 37.0 Å². The van der Waals surface area contributed by atoms with E-state index in [1.807, 2.05) is 7.11 Å². The van der Waals surface area contributed by atoms with Crippen LogP contribution in [0.1, 0.15) is 18.4 Å². The lowest BCUT2D eigenvalue weighted by atomic mass is 10.0.